The molecule has 1 aromatic rings. The summed E-state index contributed by atoms with van der Waals surface area (Å²) >= 11 is 0. The minimum atomic E-state index is -0.970. The van der Waals surface area contributed by atoms with Crippen LogP contribution in [0.1, 0.15) is 38.2 Å². The summed E-state index contributed by atoms with van der Waals surface area (Å²) in [4.78, 5) is 22.9. The number of aliphatic carboxylic acids is 1. The second kappa shape index (κ2) is 7.11. The molecule has 1 aliphatic carbocycles. The number of benzene rings is 1. The average molecular weight is 290 g/mol. The molecule has 1 aromatic carbocycles. The molecule has 21 heavy (non-hydrogen) atoms. The fourth-order valence-corrected chi connectivity index (χ4v) is 2.25. The number of unbranched alkanes of at least 4 members (excludes halogenated alkanes) is 1. The number of amides is 2. The normalized spacial score (nSPS) is 15.3. The van der Waals surface area contributed by atoms with E-state index >= 15 is 0 Å². The van der Waals surface area contributed by atoms with Crippen molar-refractivity contribution in [2.45, 2.75) is 45.1 Å². The number of rotatable bonds is 7. The molecule has 3 N–H and O–H groups in total. The van der Waals surface area contributed by atoms with Gasteiger partial charge in [0.1, 0.15) is 6.04 Å². The standard InChI is InChI=1S/C16H22N2O3/c1-2-3-4-11-5-9-13(10-6-11)17-16(21)18-14(15(19)20)12-7-8-12/h5-6,9-10,12,14H,2-4,7-8H2,1H3,(H,19,20)(H2,17,18,21). The second-order valence-corrected chi connectivity index (χ2v) is 5.55. The SMILES string of the molecule is CCCCc1ccc(NC(=O)NC(C(=O)O)C2CC2)cc1. The summed E-state index contributed by atoms with van der Waals surface area (Å²) in [6.07, 6.45) is 5.06. The summed E-state index contributed by atoms with van der Waals surface area (Å²) in [6, 6.07) is 6.42. The minimum absolute atomic E-state index is 0.0738. The van der Waals surface area contributed by atoms with Crippen LogP contribution in [0.4, 0.5) is 10.5 Å². The highest BCUT2D eigenvalue weighted by molar-refractivity contribution is 5.92. The van der Waals surface area contributed by atoms with Crippen molar-refractivity contribution in [3.05, 3.63) is 29.8 Å². The number of carboxylic acids is 1. The lowest BCUT2D eigenvalue weighted by Gasteiger charge is -2.14. The van der Waals surface area contributed by atoms with Crippen molar-refractivity contribution in [1.82, 2.24) is 5.32 Å². The molecule has 0 bridgehead atoms. The van der Waals surface area contributed by atoms with Crippen LogP contribution in [-0.2, 0) is 11.2 Å². The smallest absolute Gasteiger partial charge is 0.326 e. The Kier molecular flexibility index (Phi) is 5.20. The van der Waals surface area contributed by atoms with Gasteiger partial charge in [0, 0.05) is 5.69 Å². The maximum Gasteiger partial charge on any atom is 0.326 e. The molecule has 1 aliphatic rings. The van der Waals surface area contributed by atoms with Crippen molar-refractivity contribution in [2.75, 3.05) is 5.32 Å². The molecule has 1 saturated carbocycles. The van der Waals surface area contributed by atoms with Crippen LogP contribution in [0.25, 0.3) is 0 Å². The van der Waals surface area contributed by atoms with Gasteiger partial charge in [0.25, 0.3) is 0 Å². The molecule has 0 spiro atoms. The van der Waals surface area contributed by atoms with E-state index in [0.29, 0.717) is 5.69 Å². The van der Waals surface area contributed by atoms with Gasteiger partial charge in [0.2, 0.25) is 0 Å². The number of nitrogens with one attached hydrogen (secondary N) is 2. The Balaban J connectivity index is 1.85. The van der Waals surface area contributed by atoms with Crippen LogP contribution < -0.4 is 10.6 Å². The van der Waals surface area contributed by atoms with Gasteiger partial charge in [-0.25, -0.2) is 9.59 Å². The van der Waals surface area contributed by atoms with Gasteiger partial charge in [-0.1, -0.05) is 25.5 Å². The van der Waals surface area contributed by atoms with Crippen LogP contribution in [0.3, 0.4) is 0 Å². The molecule has 0 heterocycles. The van der Waals surface area contributed by atoms with Crippen molar-refractivity contribution in [3.8, 4) is 0 Å². The van der Waals surface area contributed by atoms with Gasteiger partial charge in [0.05, 0.1) is 0 Å². The van der Waals surface area contributed by atoms with Crippen molar-refractivity contribution in [1.29, 1.82) is 0 Å². The summed E-state index contributed by atoms with van der Waals surface area (Å²) in [6.45, 7) is 2.15. The Hall–Kier alpha value is -2.04. The summed E-state index contributed by atoms with van der Waals surface area (Å²) in [5, 5.41) is 14.3. The Morgan fingerprint density at radius 3 is 2.48 bits per heavy atom. The van der Waals surface area contributed by atoms with Crippen molar-refractivity contribution in [3.63, 3.8) is 0 Å². The van der Waals surface area contributed by atoms with Crippen LogP contribution in [0.2, 0.25) is 0 Å². The predicted molar refractivity (Wildman–Crippen MR) is 81.4 cm³/mol. The highest BCUT2D eigenvalue weighted by Gasteiger charge is 2.37. The Bertz CT molecular complexity index is 495. The van der Waals surface area contributed by atoms with Crippen LogP contribution in [0.15, 0.2) is 24.3 Å². The number of carbonyl (C=O) groups is 2. The van der Waals surface area contributed by atoms with Crippen LogP contribution in [0.5, 0.6) is 0 Å². The molecule has 5 heteroatoms. The van der Waals surface area contributed by atoms with Crippen LogP contribution in [-0.4, -0.2) is 23.1 Å². The van der Waals surface area contributed by atoms with E-state index in [1.807, 2.05) is 24.3 Å². The van der Waals surface area contributed by atoms with Gasteiger partial charge in [-0.05, 0) is 49.3 Å². The first kappa shape index (κ1) is 15.4. The Labute approximate surface area is 124 Å². The summed E-state index contributed by atoms with van der Waals surface area (Å²) in [7, 11) is 0. The van der Waals surface area contributed by atoms with E-state index in [4.69, 9.17) is 5.11 Å². The molecule has 114 valence electrons. The maximum atomic E-state index is 11.8. The monoisotopic (exact) mass is 290 g/mol. The number of carbonyl (C=O) groups excluding carboxylic acids is 1. The predicted octanol–water partition coefficient (Wildman–Crippen LogP) is 3.01. The molecular formula is C16H22N2O3. The van der Waals surface area contributed by atoms with Crippen molar-refractivity contribution < 1.29 is 14.7 Å². The quantitative estimate of drug-likeness (QED) is 0.722. The van der Waals surface area contributed by atoms with Gasteiger partial charge >= 0.3 is 12.0 Å². The van der Waals surface area contributed by atoms with E-state index in [-0.39, 0.29) is 5.92 Å². The average Bonchev–Trinajstić information content (AvgIpc) is 3.28. The first-order valence-electron chi connectivity index (χ1n) is 7.49. The molecule has 5 nitrogen and oxygen atoms in total. The molecule has 0 aromatic heterocycles. The summed E-state index contributed by atoms with van der Waals surface area (Å²) in [5.41, 5.74) is 1.91. The number of anilines is 1. The highest BCUT2D eigenvalue weighted by atomic mass is 16.4. The first-order valence-corrected chi connectivity index (χ1v) is 7.49. The molecular weight excluding hydrogens is 268 g/mol. The Morgan fingerprint density at radius 2 is 1.95 bits per heavy atom. The number of hydrogen-bond donors (Lipinski definition) is 3. The fraction of sp³-hybridized carbons (Fsp3) is 0.500. The van der Waals surface area contributed by atoms with E-state index in [2.05, 4.69) is 17.6 Å². The molecule has 2 rings (SSSR count). The number of aryl methyl sites for hydroxylation is 1. The zero-order chi connectivity index (χ0) is 15.2. The fourth-order valence-electron chi connectivity index (χ4n) is 2.25. The summed E-state index contributed by atoms with van der Waals surface area (Å²) < 4.78 is 0. The minimum Gasteiger partial charge on any atom is -0.480 e. The van der Waals surface area contributed by atoms with Gasteiger partial charge in [-0.2, -0.15) is 0 Å². The van der Waals surface area contributed by atoms with Crippen molar-refractivity contribution >= 4 is 17.7 Å². The lowest BCUT2D eigenvalue weighted by atomic mass is 10.1. The van der Waals surface area contributed by atoms with Gasteiger partial charge in [0.15, 0.2) is 0 Å². The molecule has 1 fully saturated rings. The van der Waals surface area contributed by atoms with E-state index in [0.717, 1.165) is 32.1 Å². The topological polar surface area (TPSA) is 78.4 Å². The van der Waals surface area contributed by atoms with Crippen LogP contribution >= 0.6 is 0 Å². The third kappa shape index (κ3) is 4.77. The number of hydrogen-bond acceptors (Lipinski definition) is 2. The molecule has 0 saturated heterocycles. The van der Waals surface area contributed by atoms with E-state index in [1.165, 1.54) is 5.56 Å². The van der Waals surface area contributed by atoms with Gasteiger partial charge in [-0.3, -0.25) is 0 Å². The lowest BCUT2D eigenvalue weighted by Crippen LogP contribution is -2.44. The van der Waals surface area contributed by atoms with Gasteiger partial charge < -0.3 is 15.7 Å². The number of carboxylic acid groups (broad SMARTS) is 1. The largest absolute Gasteiger partial charge is 0.480 e. The van der Waals surface area contributed by atoms with Crippen molar-refractivity contribution in [2.24, 2.45) is 5.92 Å². The lowest BCUT2D eigenvalue weighted by molar-refractivity contribution is -0.139. The molecule has 1 atom stereocenters. The van der Waals surface area contributed by atoms with E-state index in [9.17, 15) is 9.59 Å². The molecule has 1 unspecified atom stereocenters. The zero-order valence-corrected chi connectivity index (χ0v) is 12.3. The third-order valence-electron chi connectivity index (χ3n) is 3.68. The van der Waals surface area contributed by atoms with E-state index < -0.39 is 18.0 Å². The Morgan fingerprint density at radius 1 is 1.29 bits per heavy atom. The highest BCUT2D eigenvalue weighted by Crippen LogP contribution is 2.32. The van der Waals surface area contributed by atoms with Gasteiger partial charge in [-0.15, -0.1) is 0 Å². The first-order chi connectivity index (χ1) is 10.1. The third-order valence-corrected chi connectivity index (χ3v) is 3.68. The number of urea groups is 1. The van der Waals surface area contributed by atoms with E-state index in [1.54, 1.807) is 0 Å². The molecule has 2 amide bonds. The maximum absolute atomic E-state index is 11.8. The molecule has 0 aliphatic heterocycles. The zero-order valence-electron chi connectivity index (χ0n) is 12.3. The summed E-state index contributed by atoms with van der Waals surface area (Å²) in [5.74, 6) is -0.896. The second-order valence-electron chi connectivity index (χ2n) is 5.55. The molecule has 0 radical (unpaired) electrons. The van der Waals surface area contributed by atoms with Crippen LogP contribution in [0, 0.1) is 5.92 Å².